The van der Waals surface area contributed by atoms with Crippen molar-refractivity contribution in [1.82, 2.24) is 4.98 Å². The van der Waals surface area contributed by atoms with E-state index in [2.05, 4.69) is 25.9 Å². The molecule has 0 unspecified atom stereocenters. The predicted molar refractivity (Wildman–Crippen MR) is 73.0 cm³/mol. The van der Waals surface area contributed by atoms with Crippen molar-refractivity contribution < 1.29 is 0 Å². The number of nitrogens with two attached hydrogens (primary N) is 1. The van der Waals surface area contributed by atoms with Crippen molar-refractivity contribution in [3.8, 4) is 0 Å². The molecule has 1 aromatic heterocycles. The van der Waals surface area contributed by atoms with Gasteiger partial charge in [0.05, 0.1) is 10.2 Å². The Balaban J connectivity index is 3.02. The molecule has 2 N–H and O–H groups in total. The van der Waals surface area contributed by atoms with Crippen molar-refractivity contribution in [3.05, 3.63) is 28.4 Å². The Hall–Kier alpha value is -1.36. The summed E-state index contributed by atoms with van der Waals surface area (Å²) in [6, 6.07) is 3.86. The lowest BCUT2D eigenvalue weighted by Gasteiger charge is -2.11. The van der Waals surface area contributed by atoms with Crippen LogP contribution >= 0.6 is 15.9 Å². The summed E-state index contributed by atoms with van der Waals surface area (Å²) in [5.74, 6) is 0.900. The zero-order chi connectivity index (χ0) is 12.1. The molecule has 5 heteroatoms. The predicted octanol–water partition coefficient (Wildman–Crippen LogP) is 1.87. The smallest absolute Gasteiger partial charge is 0.127 e. The van der Waals surface area contributed by atoms with Gasteiger partial charge in [0.25, 0.3) is 0 Å². The summed E-state index contributed by atoms with van der Waals surface area (Å²) in [5, 5.41) is 0. The highest BCUT2D eigenvalue weighted by atomic mass is 79.9. The molecule has 0 aliphatic heterocycles. The fraction of sp³-hybridized carbons (Fsp3) is 0.273. The molecule has 1 aromatic rings. The van der Waals surface area contributed by atoms with Crippen LogP contribution in [0.4, 0.5) is 5.82 Å². The molecule has 0 atom stereocenters. The molecular weight excluding hydrogens is 268 g/mol. The molecule has 0 spiro atoms. The average molecular weight is 283 g/mol. The SMILES string of the molecule is CN=CC(Br)=C(N)c1ccc(N(C)C)nc1. The Morgan fingerprint density at radius 1 is 1.50 bits per heavy atom. The van der Waals surface area contributed by atoms with E-state index in [0.717, 1.165) is 15.9 Å². The summed E-state index contributed by atoms with van der Waals surface area (Å²) in [6.07, 6.45) is 3.41. The van der Waals surface area contributed by atoms with Crippen molar-refractivity contribution in [2.24, 2.45) is 10.7 Å². The van der Waals surface area contributed by atoms with Crippen LogP contribution in [-0.4, -0.2) is 32.3 Å². The monoisotopic (exact) mass is 282 g/mol. The number of hydrogen-bond acceptors (Lipinski definition) is 4. The molecule has 1 heterocycles. The van der Waals surface area contributed by atoms with Gasteiger partial charge in [0.2, 0.25) is 0 Å². The lowest BCUT2D eigenvalue weighted by molar-refractivity contribution is 1.07. The summed E-state index contributed by atoms with van der Waals surface area (Å²) in [4.78, 5) is 10.1. The highest BCUT2D eigenvalue weighted by molar-refractivity contribution is 9.12. The average Bonchev–Trinajstić information content (AvgIpc) is 2.28. The highest BCUT2D eigenvalue weighted by Crippen LogP contribution is 2.17. The number of aromatic nitrogens is 1. The standard InChI is InChI=1S/C11H15BrN4/c1-14-7-9(12)11(13)8-4-5-10(15-6-8)16(2)3/h4-7H,13H2,1-3H3. The van der Waals surface area contributed by atoms with E-state index in [0.29, 0.717) is 5.70 Å². The van der Waals surface area contributed by atoms with Gasteiger partial charge >= 0.3 is 0 Å². The quantitative estimate of drug-likeness (QED) is 0.862. The van der Waals surface area contributed by atoms with E-state index in [9.17, 15) is 0 Å². The zero-order valence-electron chi connectivity index (χ0n) is 9.61. The van der Waals surface area contributed by atoms with Crippen LogP contribution in [0.2, 0.25) is 0 Å². The molecule has 0 radical (unpaired) electrons. The molecule has 4 nitrogen and oxygen atoms in total. The van der Waals surface area contributed by atoms with Gasteiger partial charge in [0.15, 0.2) is 0 Å². The lowest BCUT2D eigenvalue weighted by atomic mass is 10.2. The van der Waals surface area contributed by atoms with Crippen molar-refractivity contribution in [1.29, 1.82) is 0 Å². The van der Waals surface area contributed by atoms with Crippen molar-refractivity contribution in [2.45, 2.75) is 0 Å². The number of hydrogen-bond donors (Lipinski definition) is 1. The van der Waals surface area contributed by atoms with Gasteiger partial charge in [-0.2, -0.15) is 0 Å². The Kier molecular flexibility index (Phi) is 4.49. The first-order valence-electron chi connectivity index (χ1n) is 4.77. The molecule has 0 aliphatic rings. The topological polar surface area (TPSA) is 54.5 Å². The van der Waals surface area contributed by atoms with E-state index >= 15 is 0 Å². The zero-order valence-corrected chi connectivity index (χ0v) is 11.2. The number of halogens is 1. The van der Waals surface area contributed by atoms with Crippen LogP contribution in [-0.2, 0) is 0 Å². The lowest BCUT2D eigenvalue weighted by Crippen LogP contribution is -2.10. The third kappa shape index (κ3) is 3.06. The number of allylic oxidation sites excluding steroid dienone is 1. The van der Waals surface area contributed by atoms with Crippen LogP contribution in [0.1, 0.15) is 5.56 Å². The van der Waals surface area contributed by atoms with Crippen molar-refractivity contribution >= 4 is 33.7 Å². The molecular formula is C11H15BrN4. The van der Waals surface area contributed by atoms with E-state index in [-0.39, 0.29) is 0 Å². The van der Waals surface area contributed by atoms with E-state index in [1.54, 1.807) is 19.5 Å². The molecule has 0 saturated heterocycles. The second-order valence-corrected chi connectivity index (χ2v) is 4.30. The Morgan fingerprint density at radius 3 is 2.62 bits per heavy atom. The van der Waals surface area contributed by atoms with Gasteiger partial charge in [-0.15, -0.1) is 0 Å². The van der Waals surface area contributed by atoms with Gasteiger partial charge < -0.3 is 10.6 Å². The fourth-order valence-electron chi connectivity index (χ4n) is 1.13. The Bertz CT molecular complexity index is 406. The second-order valence-electron chi connectivity index (χ2n) is 3.45. The first-order valence-corrected chi connectivity index (χ1v) is 5.56. The summed E-state index contributed by atoms with van der Waals surface area (Å²) in [6.45, 7) is 0. The maximum absolute atomic E-state index is 5.94. The molecule has 0 fully saturated rings. The third-order valence-corrected chi connectivity index (χ3v) is 2.65. The number of anilines is 1. The van der Waals surface area contributed by atoms with Crippen molar-refractivity contribution in [2.75, 3.05) is 26.0 Å². The summed E-state index contributed by atoms with van der Waals surface area (Å²) in [5.41, 5.74) is 7.44. The Labute approximate surface area is 104 Å². The third-order valence-electron chi connectivity index (χ3n) is 2.02. The molecule has 0 bridgehead atoms. The Morgan fingerprint density at radius 2 is 2.19 bits per heavy atom. The summed E-state index contributed by atoms with van der Waals surface area (Å²) in [7, 11) is 5.59. The molecule has 0 aliphatic carbocycles. The van der Waals surface area contributed by atoms with Crippen LogP contribution in [0.5, 0.6) is 0 Å². The van der Waals surface area contributed by atoms with Gasteiger partial charge in [-0.25, -0.2) is 4.98 Å². The van der Waals surface area contributed by atoms with E-state index in [1.165, 1.54) is 0 Å². The van der Waals surface area contributed by atoms with Gasteiger partial charge in [-0.3, -0.25) is 4.99 Å². The van der Waals surface area contributed by atoms with E-state index < -0.39 is 0 Å². The van der Waals surface area contributed by atoms with E-state index in [1.807, 2.05) is 31.1 Å². The van der Waals surface area contributed by atoms with Crippen LogP contribution in [0.25, 0.3) is 5.70 Å². The first-order chi connectivity index (χ1) is 7.56. The van der Waals surface area contributed by atoms with Gasteiger partial charge in [0, 0.05) is 39.1 Å². The van der Waals surface area contributed by atoms with E-state index in [4.69, 9.17) is 5.73 Å². The highest BCUT2D eigenvalue weighted by Gasteiger charge is 2.03. The fourth-order valence-corrected chi connectivity index (χ4v) is 1.56. The van der Waals surface area contributed by atoms with Gasteiger partial charge in [0.1, 0.15) is 5.82 Å². The molecule has 16 heavy (non-hydrogen) atoms. The summed E-state index contributed by atoms with van der Waals surface area (Å²) < 4.78 is 0.759. The minimum atomic E-state index is 0.628. The van der Waals surface area contributed by atoms with Crippen LogP contribution in [0, 0.1) is 0 Å². The van der Waals surface area contributed by atoms with Crippen LogP contribution in [0.15, 0.2) is 27.8 Å². The van der Waals surface area contributed by atoms with Crippen molar-refractivity contribution in [3.63, 3.8) is 0 Å². The molecule has 0 saturated carbocycles. The number of aliphatic imine (C=N–C) groups is 1. The maximum atomic E-state index is 5.94. The minimum absolute atomic E-state index is 0.628. The van der Waals surface area contributed by atoms with Gasteiger partial charge in [-0.05, 0) is 28.1 Å². The summed E-state index contributed by atoms with van der Waals surface area (Å²) >= 11 is 3.35. The normalized spacial score (nSPS) is 12.8. The number of pyridine rings is 1. The molecule has 0 aromatic carbocycles. The molecule has 0 amide bonds. The largest absolute Gasteiger partial charge is 0.397 e. The maximum Gasteiger partial charge on any atom is 0.127 e. The number of rotatable bonds is 3. The molecule has 86 valence electrons. The second kappa shape index (κ2) is 5.65. The first kappa shape index (κ1) is 12.7. The van der Waals surface area contributed by atoms with Crippen LogP contribution < -0.4 is 10.6 Å². The molecule has 1 rings (SSSR count). The van der Waals surface area contributed by atoms with Gasteiger partial charge in [-0.1, -0.05) is 0 Å². The minimum Gasteiger partial charge on any atom is -0.397 e. The number of nitrogens with zero attached hydrogens (tertiary/aromatic N) is 3. The van der Waals surface area contributed by atoms with Crippen LogP contribution in [0.3, 0.4) is 0 Å².